The van der Waals surface area contributed by atoms with Crippen LogP contribution in [0.1, 0.15) is 5.56 Å². The van der Waals surface area contributed by atoms with Crippen LogP contribution in [0, 0.1) is 6.92 Å². The largest absolute Gasteiger partial charge is 0.368 e. The summed E-state index contributed by atoms with van der Waals surface area (Å²) in [4.78, 5) is 11.1. The van der Waals surface area contributed by atoms with Crippen molar-refractivity contribution in [3.05, 3.63) is 11.8 Å². The van der Waals surface area contributed by atoms with Gasteiger partial charge in [-0.3, -0.25) is 4.90 Å². The Balaban J connectivity index is 1.81. The molecule has 5 nitrogen and oxygen atoms in total. The van der Waals surface area contributed by atoms with Crippen LogP contribution in [-0.2, 0) is 0 Å². The van der Waals surface area contributed by atoms with E-state index in [9.17, 15) is 0 Å². The summed E-state index contributed by atoms with van der Waals surface area (Å²) in [7, 11) is 1.83. The van der Waals surface area contributed by atoms with Gasteiger partial charge < -0.3 is 10.6 Å². The molecule has 0 saturated carbocycles. The molecule has 2 rings (SSSR count). The molecule has 0 spiro atoms. The molecular weight excluding hydrogens is 246 g/mol. The van der Waals surface area contributed by atoms with E-state index in [0.717, 1.165) is 24.5 Å². The number of rotatable bonds is 5. The molecule has 1 aromatic rings. The lowest BCUT2D eigenvalue weighted by Crippen LogP contribution is -2.36. The zero-order chi connectivity index (χ0) is 12.8. The first-order valence-corrected chi connectivity index (χ1v) is 7.50. The molecule has 0 radical (unpaired) electrons. The number of anilines is 2. The average Bonchev–Trinajstić information content (AvgIpc) is 2.42. The Hall–Kier alpha value is -1.01. The van der Waals surface area contributed by atoms with Gasteiger partial charge in [0.2, 0.25) is 5.95 Å². The monoisotopic (exact) mass is 267 g/mol. The summed E-state index contributed by atoms with van der Waals surface area (Å²) in [6.07, 6.45) is 1.85. The number of hydrogen-bond acceptors (Lipinski definition) is 6. The van der Waals surface area contributed by atoms with Crippen LogP contribution >= 0.6 is 11.8 Å². The second-order valence-electron chi connectivity index (χ2n) is 4.36. The Bertz CT molecular complexity index is 379. The third-order valence-electron chi connectivity index (χ3n) is 3.02. The van der Waals surface area contributed by atoms with Crippen LogP contribution in [0.2, 0.25) is 0 Å². The van der Waals surface area contributed by atoms with Crippen molar-refractivity contribution < 1.29 is 0 Å². The number of aryl methyl sites for hydroxylation is 1. The van der Waals surface area contributed by atoms with Crippen molar-refractivity contribution in [2.75, 3.05) is 55.4 Å². The van der Waals surface area contributed by atoms with Crippen molar-refractivity contribution in [3.8, 4) is 0 Å². The van der Waals surface area contributed by atoms with Gasteiger partial charge in [-0.25, -0.2) is 4.98 Å². The molecule has 0 unspecified atom stereocenters. The van der Waals surface area contributed by atoms with Gasteiger partial charge in [-0.1, -0.05) is 0 Å². The average molecular weight is 267 g/mol. The van der Waals surface area contributed by atoms with Gasteiger partial charge in [0.05, 0.1) is 0 Å². The normalized spacial score (nSPS) is 16.6. The summed E-state index contributed by atoms with van der Waals surface area (Å²) in [5.41, 5.74) is 1.09. The fourth-order valence-corrected chi connectivity index (χ4v) is 2.88. The van der Waals surface area contributed by atoms with Gasteiger partial charge in [0.25, 0.3) is 0 Å². The minimum Gasteiger partial charge on any atom is -0.368 e. The first kappa shape index (κ1) is 13.4. The van der Waals surface area contributed by atoms with Crippen LogP contribution < -0.4 is 10.6 Å². The molecule has 100 valence electrons. The van der Waals surface area contributed by atoms with Crippen molar-refractivity contribution in [1.29, 1.82) is 0 Å². The van der Waals surface area contributed by atoms with Gasteiger partial charge in [-0.05, 0) is 6.92 Å². The molecule has 1 saturated heterocycles. The lowest BCUT2D eigenvalue weighted by Gasteiger charge is -2.26. The van der Waals surface area contributed by atoms with Gasteiger partial charge >= 0.3 is 0 Å². The summed E-state index contributed by atoms with van der Waals surface area (Å²) in [5, 5.41) is 6.35. The predicted octanol–water partition coefficient (Wildman–Crippen LogP) is 1.29. The van der Waals surface area contributed by atoms with Crippen LogP contribution in [0.5, 0.6) is 0 Å². The molecule has 2 heterocycles. The quantitative estimate of drug-likeness (QED) is 0.838. The van der Waals surface area contributed by atoms with Crippen molar-refractivity contribution in [2.24, 2.45) is 0 Å². The lowest BCUT2D eigenvalue weighted by molar-refractivity contribution is 0.314. The smallest absolute Gasteiger partial charge is 0.224 e. The van der Waals surface area contributed by atoms with Crippen molar-refractivity contribution in [3.63, 3.8) is 0 Å². The zero-order valence-corrected chi connectivity index (χ0v) is 11.9. The Morgan fingerprint density at radius 2 is 2.17 bits per heavy atom. The van der Waals surface area contributed by atoms with E-state index in [2.05, 4.69) is 25.5 Å². The molecule has 1 fully saturated rings. The molecule has 1 aromatic heterocycles. The number of thioether (sulfide) groups is 1. The fraction of sp³-hybridized carbons (Fsp3) is 0.667. The molecule has 0 aliphatic carbocycles. The van der Waals surface area contributed by atoms with Crippen molar-refractivity contribution in [2.45, 2.75) is 6.92 Å². The molecule has 0 amide bonds. The fourth-order valence-electron chi connectivity index (χ4n) is 1.90. The van der Waals surface area contributed by atoms with Gasteiger partial charge in [0.15, 0.2) is 0 Å². The molecule has 18 heavy (non-hydrogen) atoms. The van der Waals surface area contributed by atoms with Gasteiger partial charge in [-0.2, -0.15) is 16.7 Å². The second kappa shape index (κ2) is 6.80. The number of aromatic nitrogens is 2. The summed E-state index contributed by atoms with van der Waals surface area (Å²) in [6.45, 7) is 6.46. The molecule has 1 aliphatic heterocycles. The number of nitrogens with one attached hydrogen (secondary N) is 2. The van der Waals surface area contributed by atoms with E-state index < -0.39 is 0 Å². The highest BCUT2D eigenvalue weighted by Crippen LogP contribution is 2.12. The first-order valence-electron chi connectivity index (χ1n) is 6.35. The zero-order valence-electron chi connectivity index (χ0n) is 11.1. The Morgan fingerprint density at radius 3 is 2.89 bits per heavy atom. The van der Waals surface area contributed by atoms with E-state index in [1.807, 2.05) is 31.9 Å². The van der Waals surface area contributed by atoms with E-state index in [1.165, 1.54) is 24.6 Å². The van der Waals surface area contributed by atoms with E-state index in [0.29, 0.717) is 5.95 Å². The van der Waals surface area contributed by atoms with E-state index in [1.54, 1.807) is 0 Å². The number of nitrogens with zero attached hydrogens (tertiary/aromatic N) is 3. The minimum atomic E-state index is 0.664. The Morgan fingerprint density at radius 1 is 1.39 bits per heavy atom. The molecule has 2 N–H and O–H groups in total. The second-order valence-corrected chi connectivity index (χ2v) is 5.58. The minimum absolute atomic E-state index is 0.664. The van der Waals surface area contributed by atoms with Crippen LogP contribution in [0.4, 0.5) is 11.8 Å². The molecule has 6 heteroatoms. The van der Waals surface area contributed by atoms with Gasteiger partial charge in [0, 0.05) is 56.5 Å². The van der Waals surface area contributed by atoms with Crippen molar-refractivity contribution >= 4 is 23.5 Å². The highest BCUT2D eigenvalue weighted by molar-refractivity contribution is 7.99. The van der Waals surface area contributed by atoms with Gasteiger partial charge in [-0.15, -0.1) is 0 Å². The summed E-state index contributed by atoms with van der Waals surface area (Å²) in [5.74, 6) is 4.12. The van der Waals surface area contributed by atoms with Crippen molar-refractivity contribution in [1.82, 2.24) is 14.9 Å². The highest BCUT2D eigenvalue weighted by Gasteiger charge is 2.09. The first-order chi connectivity index (χ1) is 8.79. The predicted molar refractivity (Wildman–Crippen MR) is 78.6 cm³/mol. The standard InChI is InChI=1S/C12H21N5S/c1-10-9-15-12(13-2)16-11(10)14-3-4-17-5-7-18-8-6-17/h9H,3-8H2,1-2H3,(H2,13,14,15,16). The third-order valence-corrected chi connectivity index (χ3v) is 3.96. The Kier molecular flexibility index (Phi) is 5.07. The van der Waals surface area contributed by atoms with Crippen LogP contribution in [-0.4, -0.2) is 59.6 Å². The van der Waals surface area contributed by atoms with E-state index >= 15 is 0 Å². The highest BCUT2D eigenvalue weighted by atomic mass is 32.2. The number of hydrogen-bond donors (Lipinski definition) is 2. The van der Waals surface area contributed by atoms with Crippen LogP contribution in [0.25, 0.3) is 0 Å². The summed E-state index contributed by atoms with van der Waals surface area (Å²) in [6, 6.07) is 0. The SMILES string of the molecule is CNc1ncc(C)c(NCCN2CCSCC2)n1. The third kappa shape index (κ3) is 3.74. The van der Waals surface area contributed by atoms with Gasteiger partial charge in [0.1, 0.15) is 5.82 Å². The summed E-state index contributed by atoms with van der Waals surface area (Å²) < 4.78 is 0. The van der Waals surface area contributed by atoms with E-state index in [4.69, 9.17) is 0 Å². The van der Waals surface area contributed by atoms with E-state index in [-0.39, 0.29) is 0 Å². The molecule has 1 aliphatic rings. The molecule has 0 atom stereocenters. The maximum Gasteiger partial charge on any atom is 0.224 e. The maximum atomic E-state index is 4.42. The maximum absolute atomic E-state index is 4.42. The lowest BCUT2D eigenvalue weighted by atomic mass is 10.3. The topological polar surface area (TPSA) is 53.1 Å². The Labute approximate surface area is 113 Å². The van der Waals surface area contributed by atoms with Crippen LogP contribution in [0.3, 0.4) is 0 Å². The molecule has 0 aromatic carbocycles. The summed E-state index contributed by atoms with van der Waals surface area (Å²) >= 11 is 2.04. The molecule has 0 bridgehead atoms. The molecular formula is C12H21N5S. The van der Waals surface area contributed by atoms with Crippen LogP contribution in [0.15, 0.2) is 6.20 Å².